The third kappa shape index (κ3) is 13.2. The first-order valence-corrected chi connectivity index (χ1v) is 13.4. The number of carbonyl (C=O) groups excluding carboxylic acids is 1. The summed E-state index contributed by atoms with van der Waals surface area (Å²) >= 11 is 1.60. The molecule has 0 aliphatic rings. The lowest BCUT2D eigenvalue weighted by Crippen LogP contribution is -2.40. The van der Waals surface area contributed by atoms with Crippen molar-refractivity contribution in [2.45, 2.75) is 93.8 Å². The molecule has 0 saturated heterocycles. The number of hydrogen-bond donors (Lipinski definition) is 4. The average Bonchev–Trinajstić information content (AvgIpc) is 2.82. The fourth-order valence-electron chi connectivity index (χ4n) is 3.62. The van der Waals surface area contributed by atoms with Crippen LogP contribution in [0.5, 0.6) is 5.75 Å². The number of nitrogens with one attached hydrogen (secondary N) is 3. The number of anilines is 1. The molecular weight excluding hydrogens is 430 g/mol. The molecule has 33 heavy (non-hydrogen) atoms. The summed E-state index contributed by atoms with van der Waals surface area (Å²) in [6.07, 6.45) is 15.9. The van der Waals surface area contributed by atoms with Gasteiger partial charge in [-0.2, -0.15) is 0 Å². The predicted molar refractivity (Wildman–Crippen MR) is 140 cm³/mol. The third-order valence-corrected chi connectivity index (χ3v) is 6.56. The molecule has 0 aliphatic heterocycles. The second kappa shape index (κ2) is 17.3. The Morgan fingerprint density at radius 1 is 0.727 bits per heavy atom. The molecule has 0 atom stereocenters. The van der Waals surface area contributed by atoms with Crippen LogP contribution in [-0.4, -0.2) is 17.7 Å². The van der Waals surface area contributed by atoms with Gasteiger partial charge in [-0.05, 0) is 55.0 Å². The van der Waals surface area contributed by atoms with Gasteiger partial charge in [-0.1, -0.05) is 89.3 Å². The Hall–Kier alpha value is -2.18. The zero-order valence-electron chi connectivity index (χ0n) is 20.1. The van der Waals surface area contributed by atoms with Crippen LogP contribution in [0.4, 0.5) is 10.5 Å². The van der Waals surface area contributed by atoms with E-state index in [1.807, 2.05) is 36.4 Å². The van der Waals surface area contributed by atoms with Gasteiger partial charge in [0, 0.05) is 22.0 Å². The molecule has 0 saturated carbocycles. The van der Waals surface area contributed by atoms with Gasteiger partial charge in [-0.3, -0.25) is 5.43 Å². The van der Waals surface area contributed by atoms with Crippen LogP contribution in [0.1, 0.15) is 84.0 Å². The highest BCUT2D eigenvalue weighted by molar-refractivity contribution is 7.99. The lowest BCUT2D eigenvalue weighted by atomic mass is 10.1. The summed E-state index contributed by atoms with van der Waals surface area (Å²) in [5, 5.41) is 12.2. The quantitative estimate of drug-likeness (QED) is 0.140. The maximum Gasteiger partial charge on any atom is 0.333 e. The van der Waals surface area contributed by atoms with E-state index in [0.29, 0.717) is 0 Å². The summed E-state index contributed by atoms with van der Waals surface area (Å²) in [4.78, 5) is 14.1. The molecule has 4 N–H and O–H groups in total. The van der Waals surface area contributed by atoms with Gasteiger partial charge < -0.3 is 10.4 Å². The van der Waals surface area contributed by atoms with Crippen LogP contribution in [0.15, 0.2) is 58.3 Å². The molecule has 0 aromatic heterocycles. The maximum absolute atomic E-state index is 12.0. The number of hydrazine groups is 1. The van der Waals surface area contributed by atoms with Crippen molar-refractivity contribution < 1.29 is 9.90 Å². The smallest absolute Gasteiger partial charge is 0.333 e. The minimum atomic E-state index is -0.257. The first-order chi connectivity index (χ1) is 16.2. The Morgan fingerprint density at radius 2 is 1.21 bits per heavy atom. The van der Waals surface area contributed by atoms with Crippen molar-refractivity contribution in [3.05, 3.63) is 48.5 Å². The molecule has 0 heterocycles. The monoisotopic (exact) mass is 471 g/mol. The minimum Gasteiger partial charge on any atom is -0.508 e. The van der Waals surface area contributed by atoms with Crippen LogP contribution in [0.3, 0.4) is 0 Å². The van der Waals surface area contributed by atoms with E-state index in [2.05, 4.69) is 23.1 Å². The Morgan fingerprint density at radius 3 is 1.76 bits per heavy atom. The molecule has 0 spiro atoms. The van der Waals surface area contributed by atoms with E-state index < -0.39 is 0 Å². The first kappa shape index (κ1) is 27.1. The lowest BCUT2D eigenvalue weighted by molar-refractivity contribution is 0.248. The van der Waals surface area contributed by atoms with Crippen LogP contribution >= 0.6 is 11.8 Å². The van der Waals surface area contributed by atoms with E-state index in [-0.39, 0.29) is 11.8 Å². The summed E-state index contributed by atoms with van der Waals surface area (Å²) in [5.41, 5.74) is 6.45. The van der Waals surface area contributed by atoms with Crippen LogP contribution in [0.25, 0.3) is 0 Å². The van der Waals surface area contributed by atoms with Crippen LogP contribution in [-0.2, 0) is 0 Å². The molecule has 5 nitrogen and oxygen atoms in total. The van der Waals surface area contributed by atoms with Crippen LogP contribution < -0.4 is 16.2 Å². The van der Waals surface area contributed by atoms with Gasteiger partial charge in [0.05, 0.1) is 0 Å². The summed E-state index contributed by atoms with van der Waals surface area (Å²) in [6, 6.07) is 14.5. The molecule has 0 fully saturated rings. The van der Waals surface area contributed by atoms with E-state index in [4.69, 9.17) is 0 Å². The van der Waals surface area contributed by atoms with Gasteiger partial charge in [0.2, 0.25) is 0 Å². The number of unbranched alkanes of at least 4 members (excludes halogenated alkanes) is 11. The molecule has 2 aromatic carbocycles. The summed E-state index contributed by atoms with van der Waals surface area (Å²) in [6.45, 7) is 3.05. The summed E-state index contributed by atoms with van der Waals surface area (Å²) < 4.78 is 0. The van der Waals surface area contributed by atoms with E-state index in [9.17, 15) is 9.90 Å². The second-order valence-electron chi connectivity index (χ2n) is 8.52. The molecule has 0 bridgehead atoms. The Labute approximate surface area is 204 Å². The van der Waals surface area contributed by atoms with Crippen LogP contribution in [0.2, 0.25) is 0 Å². The van der Waals surface area contributed by atoms with Gasteiger partial charge in [0.1, 0.15) is 5.75 Å². The highest BCUT2D eigenvalue weighted by Gasteiger charge is 2.02. The van der Waals surface area contributed by atoms with E-state index in [1.165, 1.54) is 70.6 Å². The number of hydrogen-bond acceptors (Lipinski definition) is 4. The highest BCUT2D eigenvalue weighted by Crippen LogP contribution is 2.29. The zero-order chi connectivity index (χ0) is 23.6. The molecule has 6 heteroatoms. The van der Waals surface area contributed by atoms with Gasteiger partial charge in [-0.25, -0.2) is 10.2 Å². The number of carbonyl (C=O) groups is 1. The molecule has 0 aliphatic carbocycles. The molecule has 0 unspecified atom stereocenters. The number of phenols is 1. The van der Waals surface area contributed by atoms with Crippen molar-refractivity contribution in [1.82, 2.24) is 10.9 Å². The Balaban J connectivity index is 1.45. The number of aromatic hydroxyl groups is 1. The standard InChI is InChI=1S/C27H41N3O2S/c1-2-3-4-5-6-7-8-9-10-11-12-13-22-28-30-27(32)29-23-14-18-25(19-15-23)33-26-20-16-24(31)17-21-26/h14-21,28,31H,2-13,22H2,1H3,(H2,29,30,32). The number of rotatable bonds is 17. The third-order valence-electron chi connectivity index (χ3n) is 5.54. The van der Waals surface area contributed by atoms with Gasteiger partial charge >= 0.3 is 6.03 Å². The fraction of sp³-hybridized carbons (Fsp3) is 0.519. The SMILES string of the molecule is CCCCCCCCCCCCCCNNC(=O)Nc1ccc(Sc2ccc(O)cc2)cc1. The van der Waals surface area contributed by atoms with Crippen molar-refractivity contribution in [3.63, 3.8) is 0 Å². The first-order valence-electron chi connectivity index (χ1n) is 12.5. The van der Waals surface area contributed by atoms with E-state index in [1.54, 1.807) is 23.9 Å². The maximum atomic E-state index is 12.0. The van der Waals surface area contributed by atoms with Crippen molar-refractivity contribution in [3.8, 4) is 5.75 Å². The van der Waals surface area contributed by atoms with E-state index in [0.717, 1.165) is 28.4 Å². The van der Waals surface area contributed by atoms with Crippen molar-refractivity contribution in [2.24, 2.45) is 0 Å². The molecule has 2 aromatic rings. The highest BCUT2D eigenvalue weighted by atomic mass is 32.2. The average molecular weight is 472 g/mol. The molecule has 182 valence electrons. The van der Waals surface area contributed by atoms with Crippen molar-refractivity contribution >= 4 is 23.5 Å². The van der Waals surface area contributed by atoms with Crippen LogP contribution in [0, 0.1) is 0 Å². The summed E-state index contributed by atoms with van der Waals surface area (Å²) in [5.74, 6) is 0.261. The number of amides is 2. The predicted octanol–water partition coefficient (Wildman–Crippen LogP) is 7.87. The molecule has 2 amide bonds. The Bertz CT molecular complexity index is 766. The Kier molecular flexibility index (Phi) is 14.2. The number of urea groups is 1. The van der Waals surface area contributed by atoms with Crippen molar-refractivity contribution in [2.75, 3.05) is 11.9 Å². The number of benzene rings is 2. The second-order valence-corrected chi connectivity index (χ2v) is 9.66. The van der Waals surface area contributed by atoms with Gasteiger partial charge in [-0.15, -0.1) is 0 Å². The molecule has 2 rings (SSSR count). The molecule has 0 radical (unpaired) electrons. The van der Waals surface area contributed by atoms with Gasteiger partial charge in [0.25, 0.3) is 0 Å². The molecular formula is C27H41N3O2S. The normalized spacial score (nSPS) is 10.8. The topological polar surface area (TPSA) is 73.4 Å². The largest absolute Gasteiger partial charge is 0.508 e. The lowest BCUT2D eigenvalue weighted by Gasteiger charge is -2.09. The van der Waals surface area contributed by atoms with E-state index >= 15 is 0 Å². The minimum absolute atomic E-state index is 0.257. The summed E-state index contributed by atoms with van der Waals surface area (Å²) in [7, 11) is 0. The van der Waals surface area contributed by atoms with Gasteiger partial charge in [0.15, 0.2) is 0 Å². The zero-order valence-corrected chi connectivity index (χ0v) is 20.9. The van der Waals surface area contributed by atoms with Crippen molar-refractivity contribution in [1.29, 1.82) is 0 Å². The fourth-order valence-corrected chi connectivity index (χ4v) is 4.43. The number of phenolic OH excluding ortho intramolecular Hbond substituents is 1.